The first-order valence-electron chi connectivity index (χ1n) is 12.5. The van der Waals surface area contributed by atoms with Crippen LogP contribution in [0.25, 0.3) is 0 Å². The fraction of sp³-hybridized carbons (Fsp3) is 0.429. The summed E-state index contributed by atoms with van der Waals surface area (Å²) in [7, 11) is 3.26. The molecule has 0 unspecified atom stereocenters. The second kappa shape index (κ2) is 10.6. The molecule has 0 saturated carbocycles. The Balaban J connectivity index is 1.14. The lowest BCUT2D eigenvalue weighted by Gasteiger charge is -2.33. The van der Waals surface area contributed by atoms with Gasteiger partial charge in [0, 0.05) is 56.8 Å². The molecule has 2 amide bonds. The quantitative estimate of drug-likeness (QED) is 0.641. The van der Waals surface area contributed by atoms with Crippen molar-refractivity contribution in [3.05, 3.63) is 58.7 Å². The van der Waals surface area contributed by atoms with Crippen LogP contribution in [0.5, 0.6) is 17.2 Å². The monoisotopic (exact) mass is 491 g/mol. The summed E-state index contributed by atoms with van der Waals surface area (Å²) < 4.78 is 16.4. The second-order valence-corrected chi connectivity index (χ2v) is 9.47. The number of carbonyl (C=O) groups is 2. The Labute approximate surface area is 211 Å². The van der Waals surface area contributed by atoms with Gasteiger partial charge in [-0.3, -0.25) is 14.5 Å². The smallest absolute Gasteiger partial charge is 0.251 e. The molecule has 0 bridgehead atoms. The second-order valence-electron chi connectivity index (χ2n) is 9.47. The van der Waals surface area contributed by atoms with Crippen molar-refractivity contribution in [3.8, 4) is 17.2 Å². The molecule has 0 radical (unpaired) electrons. The molecule has 3 heterocycles. The minimum Gasteiger partial charge on any atom is -0.493 e. The van der Waals surface area contributed by atoms with Crippen LogP contribution in [0.15, 0.2) is 42.0 Å². The van der Waals surface area contributed by atoms with Crippen LogP contribution < -0.4 is 19.5 Å². The number of methoxy groups -OCH3 is 2. The van der Waals surface area contributed by atoms with Gasteiger partial charge in [0.2, 0.25) is 5.91 Å². The summed E-state index contributed by atoms with van der Waals surface area (Å²) >= 11 is 0. The Hall–Kier alpha value is -3.52. The van der Waals surface area contributed by atoms with Gasteiger partial charge >= 0.3 is 0 Å². The average molecular weight is 492 g/mol. The van der Waals surface area contributed by atoms with E-state index in [0.29, 0.717) is 45.0 Å². The number of hydrogen-bond donors (Lipinski definition) is 1. The molecule has 1 N–H and O–H groups in total. The largest absolute Gasteiger partial charge is 0.493 e. The highest BCUT2D eigenvalue weighted by Crippen LogP contribution is 2.33. The predicted octanol–water partition coefficient (Wildman–Crippen LogP) is 3.18. The topological polar surface area (TPSA) is 80.3 Å². The maximum Gasteiger partial charge on any atom is 0.251 e. The Morgan fingerprint density at radius 2 is 1.78 bits per heavy atom. The summed E-state index contributed by atoms with van der Waals surface area (Å²) in [6, 6.07) is 9.77. The van der Waals surface area contributed by atoms with Crippen LogP contribution in [0, 0.1) is 0 Å². The standard InChI is InChI=1S/C28H33N3O5/c1-34-25-15-19-7-12-31(18-22(19)16-26(25)35-2)28(33)21-4-3-10-30(17-21)11-8-27(32)29-23-5-6-24-20(14-23)9-13-36-24/h4-6,14-16H,3,7-13,17-18H2,1-2H3,(H,29,32). The first-order chi connectivity index (χ1) is 17.5. The number of amides is 2. The van der Waals surface area contributed by atoms with Gasteiger partial charge in [-0.15, -0.1) is 0 Å². The number of ether oxygens (including phenoxy) is 3. The molecule has 0 atom stereocenters. The first kappa shape index (κ1) is 24.2. The molecular weight excluding hydrogens is 458 g/mol. The summed E-state index contributed by atoms with van der Waals surface area (Å²) in [6.07, 6.45) is 4.90. The van der Waals surface area contributed by atoms with E-state index in [9.17, 15) is 9.59 Å². The molecule has 190 valence electrons. The van der Waals surface area contributed by atoms with E-state index in [0.717, 1.165) is 59.7 Å². The number of anilines is 1. The number of benzene rings is 2. The van der Waals surface area contributed by atoms with E-state index in [1.54, 1.807) is 14.2 Å². The maximum absolute atomic E-state index is 13.3. The van der Waals surface area contributed by atoms with Gasteiger partial charge < -0.3 is 24.4 Å². The molecule has 5 rings (SSSR count). The van der Waals surface area contributed by atoms with Crippen LogP contribution in [0.3, 0.4) is 0 Å². The summed E-state index contributed by atoms with van der Waals surface area (Å²) in [5.41, 5.74) is 5.03. The highest BCUT2D eigenvalue weighted by atomic mass is 16.5. The molecule has 0 aliphatic carbocycles. The van der Waals surface area contributed by atoms with Crippen LogP contribution in [-0.4, -0.2) is 68.6 Å². The van der Waals surface area contributed by atoms with Gasteiger partial charge in [-0.1, -0.05) is 6.08 Å². The molecule has 2 aromatic rings. The van der Waals surface area contributed by atoms with E-state index in [-0.39, 0.29) is 11.8 Å². The van der Waals surface area contributed by atoms with Gasteiger partial charge in [-0.2, -0.15) is 0 Å². The van der Waals surface area contributed by atoms with Gasteiger partial charge in [0.05, 0.1) is 20.8 Å². The summed E-state index contributed by atoms with van der Waals surface area (Å²) in [5.74, 6) is 2.36. The van der Waals surface area contributed by atoms with Crippen molar-refractivity contribution in [3.63, 3.8) is 0 Å². The Morgan fingerprint density at radius 3 is 2.58 bits per heavy atom. The molecule has 2 aromatic carbocycles. The number of fused-ring (bicyclic) bond motifs is 2. The predicted molar refractivity (Wildman–Crippen MR) is 137 cm³/mol. The molecule has 3 aliphatic rings. The molecule has 0 aromatic heterocycles. The normalized spacial score (nSPS) is 16.9. The third-order valence-corrected chi connectivity index (χ3v) is 7.14. The SMILES string of the molecule is COc1cc2c(cc1OC)CN(C(=O)C1=CCCN(CCC(=O)Nc3ccc4c(c3)CCO4)C1)CC2. The molecule has 8 heteroatoms. The Kier molecular flexibility index (Phi) is 7.13. The van der Waals surface area contributed by atoms with Crippen LogP contribution in [0.2, 0.25) is 0 Å². The van der Waals surface area contributed by atoms with Crippen molar-refractivity contribution < 1.29 is 23.8 Å². The van der Waals surface area contributed by atoms with Crippen LogP contribution in [0.4, 0.5) is 5.69 Å². The highest BCUT2D eigenvalue weighted by molar-refractivity contribution is 5.94. The van der Waals surface area contributed by atoms with Gasteiger partial charge in [0.1, 0.15) is 5.75 Å². The zero-order valence-corrected chi connectivity index (χ0v) is 21.0. The minimum atomic E-state index is -0.0201. The van der Waals surface area contributed by atoms with E-state index >= 15 is 0 Å². The molecule has 3 aliphatic heterocycles. The van der Waals surface area contributed by atoms with Crippen LogP contribution in [0.1, 0.15) is 29.5 Å². The van der Waals surface area contributed by atoms with Gasteiger partial charge in [0.15, 0.2) is 11.5 Å². The molecule has 36 heavy (non-hydrogen) atoms. The van der Waals surface area contributed by atoms with E-state index in [4.69, 9.17) is 14.2 Å². The van der Waals surface area contributed by atoms with Gasteiger partial charge in [-0.05, 0) is 59.9 Å². The lowest BCUT2D eigenvalue weighted by molar-refractivity contribution is -0.128. The number of nitrogens with one attached hydrogen (secondary N) is 1. The minimum absolute atomic E-state index is 0.0201. The van der Waals surface area contributed by atoms with Crippen molar-refractivity contribution in [2.24, 2.45) is 0 Å². The third kappa shape index (κ3) is 5.18. The van der Waals surface area contributed by atoms with E-state index in [1.807, 2.05) is 35.2 Å². The number of rotatable bonds is 7. The summed E-state index contributed by atoms with van der Waals surface area (Å²) in [6.45, 7) is 3.96. The maximum atomic E-state index is 13.3. The number of hydrogen-bond acceptors (Lipinski definition) is 6. The van der Waals surface area contributed by atoms with Crippen LogP contribution >= 0.6 is 0 Å². The highest BCUT2D eigenvalue weighted by Gasteiger charge is 2.27. The summed E-state index contributed by atoms with van der Waals surface area (Å²) in [4.78, 5) is 30.0. The van der Waals surface area contributed by atoms with E-state index in [1.165, 1.54) is 5.56 Å². The lowest BCUT2D eigenvalue weighted by atomic mass is 9.97. The molecular formula is C28H33N3O5. The molecule has 0 saturated heterocycles. The van der Waals surface area contributed by atoms with Crippen LogP contribution in [-0.2, 0) is 29.0 Å². The zero-order valence-electron chi connectivity index (χ0n) is 21.0. The Morgan fingerprint density at radius 1 is 0.972 bits per heavy atom. The van der Waals surface area contributed by atoms with Gasteiger partial charge in [-0.25, -0.2) is 0 Å². The molecule has 0 spiro atoms. The van der Waals surface area contributed by atoms with Gasteiger partial charge in [0.25, 0.3) is 5.91 Å². The van der Waals surface area contributed by atoms with Crippen molar-refractivity contribution >= 4 is 17.5 Å². The average Bonchev–Trinajstić information content (AvgIpc) is 3.38. The number of carbonyl (C=O) groups excluding carboxylic acids is 2. The zero-order chi connectivity index (χ0) is 25.1. The fourth-order valence-corrected chi connectivity index (χ4v) is 5.16. The first-order valence-corrected chi connectivity index (χ1v) is 12.5. The number of nitrogens with zero attached hydrogens (tertiary/aromatic N) is 2. The lowest BCUT2D eigenvalue weighted by Crippen LogP contribution is -2.41. The summed E-state index contributed by atoms with van der Waals surface area (Å²) in [5, 5.41) is 2.99. The van der Waals surface area contributed by atoms with E-state index in [2.05, 4.69) is 16.3 Å². The van der Waals surface area contributed by atoms with Crippen molar-refractivity contribution in [1.82, 2.24) is 9.80 Å². The third-order valence-electron chi connectivity index (χ3n) is 7.14. The van der Waals surface area contributed by atoms with Crippen molar-refractivity contribution in [2.45, 2.75) is 32.2 Å². The Bertz CT molecular complexity index is 1190. The molecule has 8 nitrogen and oxygen atoms in total. The fourth-order valence-electron chi connectivity index (χ4n) is 5.16. The van der Waals surface area contributed by atoms with Crippen molar-refractivity contribution in [1.29, 1.82) is 0 Å². The molecule has 0 fully saturated rings. The van der Waals surface area contributed by atoms with E-state index < -0.39 is 0 Å². The van der Waals surface area contributed by atoms with Crippen molar-refractivity contribution in [2.75, 3.05) is 52.3 Å².